The molecule has 0 radical (unpaired) electrons. The van der Waals surface area contributed by atoms with Gasteiger partial charge in [-0.2, -0.15) is 23.3 Å². The van der Waals surface area contributed by atoms with Crippen molar-refractivity contribution in [1.82, 2.24) is 34.0 Å². The highest BCUT2D eigenvalue weighted by atomic mass is 35.5. The molecule has 1 saturated heterocycles. The standard InChI is InChI=1S/C26H24ClF3N8O2/c1-36-23-22(27)21(40-20-12-33-38-6-4-31-10-19(20)38)11-32-24(23)35-25(36)34-17-8-15(7-16(9-17)26(28,29)30)13-37-5-3-18(14-37)39-2/h4,6-12,18H,3,5,13-14H2,1-2H3,(H,32,34,35)/t18-/m0/s1. The average molecular weight is 573 g/mol. The van der Waals surface area contributed by atoms with E-state index in [1.54, 1.807) is 47.9 Å². The molecule has 1 atom stereocenters. The molecule has 1 aliphatic rings. The van der Waals surface area contributed by atoms with E-state index in [2.05, 4.69) is 30.3 Å². The molecule has 208 valence electrons. The van der Waals surface area contributed by atoms with Gasteiger partial charge in [-0.1, -0.05) is 11.6 Å². The van der Waals surface area contributed by atoms with Crippen LogP contribution in [-0.2, 0) is 24.5 Å². The van der Waals surface area contributed by atoms with E-state index < -0.39 is 11.7 Å². The van der Waals surface area contributed by atoms with Gasteiger partial charge in [0.1, 0.15) is 16.1 Å². The summed E-state index contributed by atoms with van der Waals surface area (Å²) in [6.07, 6.45) is 4.29. The highest BCUT2D eigenvalue weighted by Gasteiger charge is 2.32. The summed E-state index contributed by atoms with van der Waals surface area (Å²) < 4.78 is 55.9. The van der Waals surface area contributed by atoms with E-state index >= 15 is 0 Å². The van der Waals surface area contributed by atoms with Crippen LogP contribution in [0.5, 0.6) is 11.5 Å². The Morgan fingerprint density at radius 2 is 2.00 bits per heavy atom. The summed E-state index contributed by atoms with van der Waals surface area (Å²) >= 11 is 6.70. The van der Waals surface area contributed by atoms with Gasteiger partial charge in [-0.05, 0) is 30.2 Å². The van der Waals surface area contributed by atoms with E-state index in [0.717, 1.165) is 19.0 Å². The Labute approximate surface area is 231 Å². The molecule has 6 rings (SSSR count). The molecule has 1 N–H and O–H groups in total. The fourth-order valence-electron chi connectivity index (χ4n) is 4.85. The monoisotopic (exact) mass is 572 g/mol. The highest BCUT2D eigenvalue weighted by Crippen LogP contribution is 2.37. The number of benzene rings is 1. The Balaban J connectivity index is 1.30. The Morgan fingerprint density at radius 1 is 1.15 bits per heavy atom. The molecule has 10 nitrogen and oxygen atoms in total. The third kappa shape index (κ3) is 5.03. The van der Waals surface area contributed by atoms with Gasteiger partial charge in [-0.3, -0.25) is 9.88 Å². The molecule has 4 aromatic heterocycles. The summed E-state index contributed by atoms with van der Waals surface area (Å²) in [4.78, 5) is 15.0. The molecule has 0 unspecified atom stereocenters. The molecular weight excluding hydrogens is 549 g/mol. The highest BCUT2D eigenvalue weighted by molar-refractivity contribution is 6.36. The minimum Gasteiger partial charge on any atom is -0.450 e. The number of methoxy groups -OCH3 is 1. The van der Waals surface area contributed by atoms with Crippen LogP contribution in [0, 0.1) is 0 Å². The van der Waals surface area contributed by atoms with Gasteiger partial charge in [-0.25, -0.2) is 9.50 Å². The number of fused-ring (bicyclic) bond motifs is 2. The van der Waals surface area contributed by atoms with Crippen molar-refractivity contribution >= 4 is 39.9 Å². The molecular formula is C26H24ClF3N8O2. The van der Waals surface area contributed by atoms with Crippen molar-refractivity contribution < 1.29 is 22.6 Å². The average Bonchev–Trinajstić information content (AvgIpc) is 3.63. The third-order valence-corrected chi connectivity index (χ3v) is 7.22. The molecule has 0 spiro atoms. The largest absolute Gasteiger partial charge is 0.450 e. The minimum atomic E-state index is -4.51. The number of imidazole rings is 1. The number of aryl methyl sites for hydroxylation is 1. The van der Waals surface area contributed by atoms with Crippen molar-refractivity contribution in [1.29, 1.82) is 0 Å². The SMILES string of the molecule is CO[C@H]1CCN(Cc2cc(Nc3nc4ncc(Oc5cnn6ccncc56)c(Cl)c4n3C)cc(C(F)(F)F)c2)C1. The Hall–Kier alpha value is -3.94. The van der Waals surface area contributed by atoms with Crippen molar-refractivity contribution in [3.8, 4) is 11.5 Å². The van der Waals surface area contributed by atoms with Crippen molar-refractivity contribution in [2.24, 2.45) is 7.05 Å². The fraction of sp³-hybridized carbons (Fsp3) is 0.308. The van der Waals surface area contributed by atoms with Gasteiger partial charge in [0.25, 0.3) is 0 Å². The summed E-state index contributed by atoms with van der Waals surface area (Å²) in [5.41, 5.74) is 1.42. The second-order valence-electron chi connectivity index (χ2n) is 9.54. The Bertz CT molecular complexity index is 1700. The van der Waals surface area contributed by atoms with Crippen molar-refractivity contribution in [2.75, 3.05) is 25.5 Å². The quantitative estimate of drug-likeness (QED) is 0.275. The molecule has 0 aliphatic carbocycles. The van der Waals surface area contributed by atoms with E-state index in [1.165, 1.54) is 18.5 Å². The lowest BCUT2D eigenvalue weighted by molar-refractivity contribution is -0.137. The van der Waals surface area contributed by atoms with Crippen LogP contribution in [-0.4, -0.2) is 60.3 Å². The Kier molecular flexibility index (Phi) is 6.72. The van der Waals surface area contributed by atoms with Crippen LogP contribution >= 0.6 is 11.6 Å². The van der Waals surface area contributed by atoms with Gasteiger partial charge in [-0.15, -0.1) is 0 Å². The number of hydrogen-bond acceptors (Lipinski definition) is 8. The first-order chi connectivity index (χ1) is 19.2. The van der Waals surface area contributed by atoms with Crippen LogP contribution in [0.25, 0.3) is 16.7 Å². The molecule has 1 aromatic carbocycles. The first-order valence-corrected chi connectivity index (χ1v) is 12.8. The number of nitrogens with one attached hydrogen (secondary N) is 1. The maximum Gasteiger partial charge on any atom is 0.416 e. The van der Waals surface area contributed by atoms with Gasteiger partial charge in [0, 0.05) is 51.9 Å². The molecule has 0 bridgehead atoms. The molecule has 14 heteroatoms. The van der Waals surface area contributed by atoms with E-state index in [1.807, 2.05) is 0 Å². The summed E-state index contributed by atoms with van der Waals surface area (Å²) in [5.74, 6) is 0.972. The second kappa shape index (κ2) is 10.2. The van der Waals surface area contributed by atoms with Gasteiger partial charge in [0.05, 0.1) is 30.3 Å². The zero-order valence-electron chi connectivity index (χ0n) is 21.5. The summed E-state index contributed by atoms with van der Waals surface area (Å²) in [6, 6.07) is 3.93. The molecule has 5 heterocycles. The third-order valence-electron chi connectivity index (χ3n) is 6.86. The first kappa shape index (κ1) is 26.3. The van der Waals surface area contributed by atoms with Crippen LogP contribution in [0.1, 0.15) is 17.5 Å². The molecule has 0 amide bonds. The predicted molar refractivity (Wildman–Crippen MR) is 142 cm³/mol. The van der Waals surface area contributed by atoms with E-state index in [0.29, 0.717) is 41.1 Å². The zero-order valence-corrected chi connectivity index (χ0v) is 22.2. The molecule has 0 saturated carbocycles. The van der Waals surface area contributed by atoms with Crippen LogP contribution in [0.4, 0.5) is 24.8 Å². The number of nitrogens with zero attached hydrogens (tertiary/aromatic N) is 7. The number of anilines is 2. The predicted octanol–water partition coefficient (Wildman–Crippen LogP) is 5.44. The smallest absolute Gasteiger partial charge is 0.416 e. The molecule has 1 aliphatic heterocycles. The number of pyridine rings is 1. The lowest BCUT2D eigenvalue weighted by Crippen LogP contribution is -2.22. The number of ether oxygens (including phenoxy) is 2. The number of halogens is 4. The van der Waals surface area contributed by atoms with E-state index in [4.69, 9.17) is 21.1 Å². The zero-order chi connectivity index (χ0) is 28.0. The maximum atomic E-state index is 13.8. The Morgan fingerprint density at radius 3 is 2.77 bits per heavy atom. The van der Waals surface area contributed by atoms with Gasteiger partial charge in [0.2, 0.25) is 5.95 Å². The topological polar surface area (TPSA) is 94.6 Å². The number of rotatable bonds is 7. The van der Waals surface area contributed by atoms with Crippen LogP contribution in [0.15, 0.2) is 49.2 Å². The second-order valence-corrected chi connectivity index (χ2v) is 9.92. The van der Waals surface area contributed by atoms with Gasteiger partial charge < -0.3 is 19.4 Å². The maximum absolute atomic E-state index is 13.8. The van der Waals surface area contributed by atoms with E-state index in [9.17, 15) is 13.2 Å². The van der Waals surface area contributed by atoms with Gasteiger partial charge >= 0.3 is 6.18 Å². The number of likely N-dealkylation sites (tertiary alicyclic amines) is 1. The van der Waals surface area contributed by atoms with Crippen LogP contribution in [0.3, 0.4) is 0 Å². The minimum absolute atomic E-state index is 0.0824. The molecule has 1 fully saturated rings. The van der Waals surface area contributed by atoms with Crippen molar-refractivity contribution in [3.63, 3.8) is 0 Å². The molecule has 5 aromatic rings. The first-order valence-electron chi connectivity index (χ1n) is 12.4. The normalized spacial score (nSPS) is 16.3. The fourth-order valence-corrected chi connectivity index (χ4v) is 5.14. The van der Waals surface area contributed by atoms with Crippen LogP contribution < -0.4 is 10.1 Å². The van der Waals surface area contributed by atoms with Gasteiger partial charge in [0.15, 0.2) is 17.1 Å². The summed E-state index contributed by atoms with van der Waals surface area (Å²) in [7, 11) is 3.34. The lowest BCUT2D eigenvalue weighted by Gasteiger charge is -2.18. The lowest BCUT2D eigenvalue weighted by atomic mass is 10.1. The summed E-state index contributed by atoms with van der Waals surface area (Å²) in [6.45, 7) is 1.79. The number of hydrogen-bond donors (Lipinski definition) is 1. The van der Waals surface area contributed by atoms with Crippen molar-refractivity contribution in [3.05, 3.63) is 65.3 Å². The van der Waals surface area contributed by atoms with E-state index in [-0.39, 0.29) is 28.5 Å². The van der Waals surface area contributed by atoms with Crippen molar-refractivity contribution in [2.45, 2.75) is 25.2 Å². The number of aromatic nitrogens is 6. The molecule has 40 heavy (non-hydrogen) atoms. The summed E-state index contributed by atoms with van der Waals surface area (Å²) in [5, 5.41) is 7.48. The number of alkyl halides is 3. The van der Waals surface area contributed by atoms with Crippen LogP contribution in [0.2, 0.25) is 5.02 Å².